The van der Waals surface area contributed by atoms with Crippen molar-refractivity contribution < 1.29 is 142 Å². The molecule has 0 saturated heterocycles. The molecule has 0 aliphatic rings. The van der Waals surface area contributed by atoms with E-state index in [4.69, 9.17) is 0 Å². The van der Waals surface area contributed by atoms with Gasteiger partial charge in [0.2, 0.25) is 0 Å². The van der Waals surface area contributed by atoms with Crippen molar-refractivity contribution in [1.29, 1.82) is 0 Å². The Morgan fingerprint density at radius 3 is 1.00 bits per heavy atom. The van der Waals surface area contributed by atoms with Gasteiger partial charge in [0.15, 0.2) is 0 Å². The molecule has 0 nitrogen and oxygen atoms in total. The van der Waals surface area contributed by atoms with Crippen molar-refractivity contribution in [2.24, 2.45) is 0 Å². The fourth-order valence-electron chi connectivity index (χ4n) is 0. The van der Waals surface area contributed by atoms with Gasteiger partial charge < -0.3 is 0 Å². The molecule has 0 amide bonds. The second-order valence-electron chi connectivity index (χ2n) is 0. The molecule has 0 N–H and O–H groups in total. The summed E-state index contributed by atoms with van der Waals surface area (Å²) >= 11 is 0. The Bertz CT molecular complexity index is 8.00. The molecule has 0 aromatic heterocycles. The predicted molar refractivity (Wildman–Crippen MR) is 0 cm³/mol. The average molecular weight is 461 g/mol. The van der Waals surface area contributed by atoms with Crippen LogP contribution in [0.3, 0.4) is 0 Å². The first-order valence-corrected chi connectivity index (χ1v) is 0. The summed E-state index contributed by atoms with van der Waals surface area (Å²) in [7, 11) is 0. The first-order chi connectivity index (χ1) is 0. The maximum atomic E-state index is 0. The van der Waals surface area contributed by atoms with Crippen LogP contribution in [0.4, 0.5) is 0 Å². The average Bonchev–Trinajstić information content (AvgIpc) is 0. The molecule has 4 heteroatoms. The molecule has 2 radical (unpaired) electrons. The molecular weight excluding hydrogens is 461 g/mol. The maximum absolute atomic E-state index is 0. The van der Waals surface area contributed by atoms with E-state index in [-0.39, 0.29) is 142 Å². The SMILES string of the molecule is [Ce].[Pr].[Y].[Zr]. The van der Waals surface area contributed by atoms with Crippen molar-refractivity contribution in [3.8, 4) is 0 Å². The van der Waals surface area contributed by atoms with Gasteiger partial charge in [-0.15, -0.1) is 0 Å². The third-order valence-electron chi connectivity index (χ3n) is 0. The molecule has 0 fully saturated rings. The fraction of sp³-hybridized carbons (Fsp3) is 0. The molecule has 0 aliphatic heterocycles. The standard InChI is InChI=1S/Ce.Pr.Y.Zr. The van der Waals surface area contributed by atoms with Gasteiger partial charge in [-0.1, -0.05) is 0 Å². The molecular formula is CePrYZr. The van der Waals surface area contributed by atoms with Crippen LogP contribution >= 0.6 is 0 Å². The Morgan fingerprint density at radius 2 is 1.00 bits per heavy atom. The second kappa shape index (κ2) is 15.6. The van der Waals surface area contributed by atoms with Crippen LogP contribution in [0.5, 0.6) is 0 Å². The van der Waals surface area contributed by atoms with Gasteiger partial charge >= 0.3 is 0 Å². The van der Waals surface area contributed by atoms with E-state index in [9.17, 15) is 0 Å². The maximum Gasteiger partial charge on any atom is 0 e. The summed E-state index contributed by atoms with van der Waals surface area (Å²) in [5.74, 6) is 0. The molecule has 0 saturated carbocycles. The molecule has 0 spiro atoms. The Balaban J connectivity index is 0. The summed E-state index contributed by atoms with van der Waals surface area (Å²) in [6.07, 6.45) is 0. The van der Waals surface area contributed by atoms with Gasteiger partial charge in [-0.25, -0.2) is 0 Å². The number of rotatable bonds is 0. The number of hydrogen-bond acceptors (Lipinski definition) is 0. The van der Waals surface area contributed by atoms with Crippen LogP contribution in [-0.4, -0.2) is 0 Å². The third kappa shape index (κ3) is 9.87. The van der Waals surface area contributed by atoms with Gasteiger partial charge in [0.05, 0.1) is 0 Å². The van der Waals surface area contributed by atoms with Crippen LogP contribution in [-0.2, 0) is 58.9 Å². The van der Waals surface area contributed by atoms with E-state index < -0.39 is 0 Å². The van der Waals surface area contributed by atoms with E-state index in [1.807, 2.05) is 0 Å². The quantitative estimate of drug-likeness (QED) is 0.477. The molecule has 0 unspecified atom stereocenters. The van der Waals surface area contributed by atoms with Gasteiger partial charge in [-0.05, 0) is 0 Å². The van der Waals surface area contributed by atoms with Gasteiger partial charge in [-0.3, -0.25) is 0 Å². The Labute approximate surface area is 137 Å². The van der Waals surface area contributed by atoms with E-state index in [0.717, 1.165) is 0 Å². The van der Waals surface area contributed by atoms with Crippen molar-refractivity contribution in [3.63, 3.8) is 0 Å². The van der Waals surface area contributed by atoms with Crippen LogP contribution in [0.2, 0.25) is 0 Å². The summed E-state index contributed by atoms with van der Waals surface area (Å²) in [6, 6.07) is 0. The van der Waals surface area contributed by atoms with Crippen LogP contribution < -0.4 is 0 Å². The molecule has 0 aliphatic carbocycles. The molecule has 14 valence electrons. The smallest absolute Gasteiger partial charge is 0 e. The summed E-state index contributed by atoms with van der Waals surface area (Å²) in [4.78, 5) is 0. The van der Waals surface area contributed by atoms with E-state index in [1.54, 1.807) is 0 Å². The zero-order chi connectivity index (χ0) is 0. The van der Waals surface area contributed by atoms with E-state index in [2.05, 4.69) is 0 Å². The molecule has 0 heterocycles. The Hall–Kier alpha value is 4.73. The minimum Gasteiger partial charge on any atom is 0 e. The molecule has 0 aromatic carbocycles. The van der Waals surface area contributed by atoms with Gasteiger partial charge in [0.1, 0.15) is 0 Å². The first kappa shape index (κ1) is 23.3. The van der Waals surface area contributed by atoms with Crippen LogP contribution in [0.1, 0.15) is 0 Å². The zero-order valence-electron chi connectivity index (χ0n) is 2.15. The van der Waals surface area contributed by atoms with Gasteiger partial charge in [0, 0.05) is 142 Å². The number of hydrogen-bond donors (Lipinski definition) is 0. The van der Waals surface area contributed by atoms with E-state index in [1.165, 1.54) is 0 Å². The molecule has 0 aromatic rings. The molecule has 0 atom stereocenters. The Morgan fingerprint density at radius 1 is 1.00 bits per heavy atom. The topological polar surface area (TPSA) is 0 Å². The normalized spacial score (nSPS) is 0. The van der Waals surface area contributed by atoms with Crippen molar-refractivity contribution in [2.45, 2.75) is 0 Å². The zero-order valence-corrected chi connectivity index (χ0v) is 14.3. The third-order valence-corrected chi connectivity index (χ3v) is 0. The summed E-state index contributed by atoms with van der Waals surface area (Å²) in [5, 5.41) is 0. The van der Waals surface area contributed by atoms with Crippen LogP contribution in [0, 0.1) is 83.0 Å². The largest absolute Gasteiger partial charge is 0 e. The molecule has 4 heavy (non-hydrogen) atoms. The Kier molecular flexibility index (Phi) is 91.2. The monoisotopic (exact) mass is 460 g/mol. The fourth-order valence-corrected chi connectivity index (χ4v) is 0. The first-order valence-electron chi connectivity index (χ1n) is 0. The van der Waals surface area contributed by atoms with Crippen molar-refractivity contribution in [3.05, 3.63) is 0 Å². The summed E-state index contributed by atoms with van der Waals surface area (Å²) < 4.78 is 0. The van der Waals surface area contributed by atoms with E-state index in [0.29, 0.717) is 0 Å². The van der Waals surface area contributed by atoms with Crippen LogP contribution in [0.15, 0.2) is 0 Å². The van der Waals surface area contributed by atoms with Gasteiger partial charge in [-0.2, -0.15) is 0 Å². The van der Waals surface area contributed by atoms with Crippen molar-refractivity contribution in [1.82, 2.24) is 0 Å². The minimum atomic E-state index is 0. The summed E-state index contributed by atoms with van der Waals surface area (Å²) in [6.45, 7) is 0. The van der Waals surface area contributed by atoms with Gasteiger partial charge in [0.25, 0.3) is 0 Å². The summed E-state index contributed by atoms with van der Waals surface area (Å²) in [5.41, 5.74) is 0. The van der Waals surface area contributed by atoms with E-state index >= 15 is 0 Å². The van der Waals surface area contributed by atoms with Crippen molar-refractivity contribution in [2.75, 3.05) is 0 Å². The minimum absolute atomic E-state index is 0. The predicted octanol–water partition coefficient (Wildman–Crippen LogP) is -0.00500. The second-order valence-corrected chi connectivity index (χ2v) is 0. The molecule has 0 bridgehead atoms. The molecule has 0 rings (SSSR count). The van der Waals surface area contributed by atoms with Crippen LogP contribution in [0.25, 0.3) is 0 Å². The van der Waals surface area contributed by atoms with Crippen molar-refractivity contribution >= 4 is 0 Å².